The second kappa shape index (κ2) is 53.5. The lowest BCUT2D eigenvalue weighted by molar-refractivity contribution is -0.870. The maximum absolute atomic E-state index is 13.0. The number of hydrogen-bond acceptors (Lipinski definition) is 5. The minimum Gasteiger partial charge on any atom is -0.387 e. The molecule has 0 aromatic carbocycles. The molecule has 1 amide bonds. The summed E-state index contributed by atoms with van der Waals surface area (Å²) in [6, 6.07) is -0.851. The van der Waals surface area contributed by atoms with Gasteiger partial charge in [0.15, 0.2) is 0 Å². The molecule has 3 atom stereocenters. The van der Waals surface area contributed by atoms with Gasteiger partial charge in [0.1, 0.15) is 13.2 Å². The molecule has 0 aromatic rings. The molecule has 0 aromatic heterocycles. The molecule has 9 heteroatoms. The lowest BCUT2D eigenvalue weighted by Gasteiger charge is -2.25. The Morgan fingerprint density at radius 1 is 0.479 bits per heavy atom. The molecule has 0 saturated carbocycles. The summed E-state index contributed by atoms with van der Waals surface area (Å²) in [5.41, 5.74) is 0. The number of quaternary nitrogens is 1. The molecule has 71 heavy (non-hydrogen) atoms. The molecular weight excluding hydrogens is 900 g/mol. The minimum atomic E-state index is -4.35. The summed E-state index contributed by atoms with van der Waals surface area (Å²) in [6.45, 7) is 4.83. The van der Waals surface area contributed by atoms with E-state index in [2.05, 4.69) is 43.5 Å². The van der Waals surface area contributed by atoms with Crippen LogP contribution in [0.3, 0.4) is 0 Å². The molecule has 3 N–H and O–H groups in total. The predicted octanol–water partition coefficient (Wildman–Crippen LogP) is 18.9. The Kier molecular flexibility index (Phi) is 52.6. The van der Waals surface area contributed by atoms with Crippen molar-refractivity contribution in [1.29, 1.82) is 0 Å². The number of phosphoric acid groups is 1. The molecule has 0 fully saturated rings. The van der Waals surface area contributed by atoms with Crippen molar-refractivity contribution in [2.45, 2.75) is 315 Å². The first-order valence-corrected chi connectivity index (χ1v) is 32.4. The summed E-state index contributed by atoms with van der Waals surface area (Å²) < 4.78 is 23.7. The Morgan fingerprint density at radius 3 is 1.17 bits per heavy atom. The molecule has 0 aliphatic rings. The van der Waals surface area contributed by atoms with Crippen molar-refractivity contribution in [3.05, 3.63) is 36.5 Å². The number of aliphatic hydroxyl groups is 1. The number of nitrogens with zero attached hydrogens (tertiary/aromatic N) is 1. The van der Waals surface area contributed by atoms with E-state index in [1.165, 1.54) is 231 Å². The second-order valence-electron chi connectivity index (χ2n) is 22.4. The summed E-state index contributed by atoms with van der Waals surface area (Å²) in [6.07, 6.45) is 69.8. The zero-order chi connectivity index (χ0) is 52.0. The normalized spacial score (nSPS) is 14.1. The Balaban J connectivity index is 4.10. The van der Waals surface area contributed by atoms with Gasteiger partial charge in [0.2, 0.25) is 5.91 Å². The van der Waals surface area contributed by atoms with Crippen LogP contribution in [-0.4, -0.2) is 73.4 Å². The van der Waals surface area contributed by atoms with E-state index in [9.17, 15) is 19.4 Å². The summed E-state index contributed by atoms with van der Waals surface area (Å²) in [7, 11) is 1.57. The van der Waals surface area contributed by atoms with Crippen LogP contribution in [0.4, 0.5) is 0 Å². The number of unbranched alkanes of at least 4 members (excludes halogenated alkanes) is 40. The van der Waals surface area contributed by atoms with Gasteiger partial charge in [0.25, 0.3) is 0 Å². The fourth-order valence-electron chi connectivity index (χ4n) is 9.25. The molecule has 0 bridgehead atoms. The van der Waals surface area contributed by atoms with Gasteiger partial charge in [0.05, 0.1) is 39.9 Å². The third kappa shape index (κ3) is 56.3. The fraction of sp³-hybridized carbons (Fsp3) is 0.887. The van der Waals surface area contributed by atoms with Crippen LogP contribution in [0.2, 0.25) is 0 Å². The van der Waals surface area contributed by atoms with Crippen LogP contribution < -0.4 is 5.32 Å². The summed E-state index contributed by atoms with van der Waals surface area (Å²) in [4.78, 5) is 23.3. The Bertz CT molecular complexity index is 1250. The van der Waals surface area contributed by atoms with Gasteiger partial charge >= 0.3 is 7.82 Å². The maximum atomic E-state index is 13.0. The van der Waals surface area contributed by atoms with Gasteiger partial charge in [-0.3, -0.25) is 13.8 Å². The van der Waals surface area contributed by atoms with Crippen LogP contribution in [0.15, 0.2) is 36.5 Å². The largest absolute Gasteiger partial charge is 0.472 e. The highest BCUT2D eigenvalue weighted by Crippen LogP contribution is 2.43. The first kappa shape index (κ1) is 69.7. The van der Waals surface area contributed by atoms with Gasteiger partial charge in [-0.15, -0.1) is 0 Å². The second-order valence-corrected chi connectivity index (χ2v) is 23.9. The molecule has 0 rings (SSSR count). The van der Waals surface area contributed by atoms with Crippen molar-refractivity contribution in [1.82, 2.24) is 5.32 Å². The third-order valence-corrected chi connectivity index (χ3v) is 15.1. The van der Waals surface area contributed by atoms with Crippen LogP contribution in [0.5, 0.6) is 0 Å². The number of allylic oxidation sites excluding steroid dienone is 5. The molecule has 0 spiro atoms. The molecule has 0 aliphatic heterocycles. The van der Waals surface area contributed by atoms with Crippen LogP contribution >= 0.6 is 7.82 Å². The number of nitrogens with one attached hydrogen (secondary N) is 1. The van der Waals surface area contributed by atoms with E-state index < -0.39 is 20.0 Å². The third-order valence-electron chi connectivity index (χ3n) is 14.1. The van der Waals surface area contributed by atoms with Crippen molar-refractivity contribution in [3.63, 3.8) is 0 Å². The predicted molar refractivity (Wildman–Crippen MR) is 309 cm³/mol. The molecule has 3 unspecified atom stereocenters. The van der Waals surface area contributed by atoms with E-state index in [1.807, 2.05) is 27.2 Å². The number of aliphatic hydroxyl groups excluding tert-OH is 1. The van der Waals surface area contributed by atoms with Crippen molar-refractivity contribution in [3.8, 4) is 0 Å². The average Bonchev–Trinajstić information content (AvgIpc) is 3.33. The Morgan fingerprint density at radius 2 is 0.803 bits per heavy atom. The maximum Gasteiger partial charge on any atom is 0.472 e. The Labute approximate surface area is 442 Å². The smallest absolute Gasteiger partial charge is 0.387 e. The highest BCUT2D eigenvalue weighted by Gasteiger charge is 2.27. The van der Waals surface area contributed by atoms with Crippen LogP contribution in [-0.2, 0) is 18.4 Å². The van der Waals surface area contributed by atoms with Crippen LogP contribution in [0.1, 0.15) is 303 Å². The number of rotatable bonds is 57. The van der Waals surface area contributed by atoms with Crippen molar-refractivity contribution in [2.75, 3.05) is 40.9 Å². The van der Waals surface area contributed by atoms with Gasteiger partial charge < -0.3 is 19.8 Å². The molecule has 0 saturated heterocycles. The zero-order valence-electron chi connectivity index (χ0n) is 48.0. The summed E-state index contributed by atoms with van der Waals surface area (Å²) in [5.74, 6) is -0.182. The van der Waals surface area contributed by atoms with Gasteiger partial charge in [-0.1, -0.05) is 281 Å². The fourth-order valence-corrected chi connectivity index (χ4v) is 9.99. The number of hydrogen-bond donors (Lipinski definition) is 3. The quantitative estimate of drug-likeness (QED) is 0.0243. The zero-order valence-corrected chi connectivity index (χ0v) is 48.9. The minimum absolute atomic E-state index is 0.0602. The standard InChI is InChI=1S/C62H121N2O6P/c1-6-8-10-12-14-16-18-20-22-24-26-27-28-29-30-31-32-33-34-35-36-37-38-39-41-43-45-47-49-51-53-55-61(65)60(59-70-71(67,68)69-58-57-64(3,4)5)63-62(66)56-54-52-50-48-46-44-42-40-25-23-21-19-17-15-13-11-9-7-2/h17,19,23,25,53,55,60-61,65H,6-16,18,20-22,24,26-52,54,56-59H2,1-5H3,(H-,63,66,67,68)/p+1/b19-17-,25-23-,55-53+. The molecular formula is C62H122N2O6P+. The van der Waals surface area contributed by atoms with Gasteiger partial charge in [-0.05, 0) is 51.4 Å². The van der Waals surface area contributed by atoms with Crippen molar-refractivity contribution >= 4 is 13.7 Å². The van der Waals surface area contributed by atoms with Gasteiger partial charge in [-0.2, -0.15) is 0 Å². The van der Waals surface area contributed by atoms with Gasteiger partial charge in [0, 0.05) is 6.42 Å². The monoisotopic (exact) mass is 1020 g/mol. The lowest BCUT2D eigenvalue weighted by atomic mass is 10.0. The number of amides is 1. The molecule has 8 nitrogen and oxygen atoms in total. The van der Waals surface area contributed by atoms with Crippen LogP contribution in [0.25, 0.3) is 0 Å². The topological polar surface area (TPSA) is 105 Å². The number of carbonyl (C=O) groups is 1. The van der Waals surface area contributed by atoms with Crippen molar-refractivity contribution in [2.24, 2.45) is 0 Å². The van der Waals surface area contributed by atoms with Crippen LogP contribution in [0, 0.1) is 0 Å². The highest BCUT2D eigenvalue weighted by atomic mass is 31.2. The number of phosphoric ester groups is 1. The van der Waals surface area contributed by atoms with E-state index in [4.69, 9.17) is 9.05 Å². The van der Waals surface area contributed by atoms with E-state index in [-0.39, 0.29) is 19.1 Å². The molecule has 0 radical (unpaired) electrons. The first-order chi connectivity index (χ1) is 34.5. The molecule has 0 aliphatic carbocycles. The summed E-state index contributed by atoms with van der Waals surface area (Å²) >= 11 is 0. The average molecular weight is 1020 g/mol. The van der Waals surface area contributed by atoms with Gasteiger partial charge in [-0.25, -0.2) is 4.57 Å². The summed E-state index contributed by atoms with van der Waals surface area (Å²) in [5, 5.41) is 14.0. The number of carbonyl (C=O) groups excluding carboxylic acids is 1. The van der Waals surface area contributed by atoms with E-state index >= 15 is 0 Å². The first-order valence-electron chi connectivity index (χ1n) is 30.9. The van der Waals surface area contributed by atoms with E-state index in [0.29, 0.717) is 17.4 Å². The molecule has 0 heterocycles. The number of likely N-dealkylation sites (N-methyl/N-ethyl adjacent to an activating group) is 1. The van der Waals surface area contributed by atoms with E-state index in [1.54, 1.807) is 6.08 Å². The Hall–Kier alpha value is -1.28. The van der Waals surface area contributed by atoms with E-state index in [0.717, 1.165) is 51.4 Å². The highest BCUT2D eigenvalue weighted by molar-refractivity contribution is 7.47. The van der Waals surface area contributed by atoms with Crippen molar-refractivity contribution < 1.29 is 32.9 Å². The SMILES string of the molecule is CCCCCC/C=C\C/C=C\CCCCCCCCCC(=O)NC(COP(=O)(O)OCC[N+](C)(C)C)C(O)/C=C/CCCCCCCCCCCCCCCCCCCCCCCCCCCCCCC. The molecule has 420 valence electrons. The lowest BCUT2D eigenvalue weighted by Crippen LogP contribution is -2.45.